The summed E-state index contributed by atoms with van der Waals surface area (Å²) in [6.07, 6.45) is 9.99. The Morgan fingerprint density at radius 2 is 1.54 bits per heavy atom. The third-order valence-electron chi connectivity index (χ3n) is 3.79. The highest BCUT2D eigenvalue weighted by molar-refractivity contribution is 5.65. The lowest BCUT2D eigenvalue weighted by molar-refractivity contribution is -0.515. The number of hydrogen-bond acceptors (Lipinski definition) is 0. The molecule has 0 spiro atoms. The van der Waals surface area contributed by atoms with Crippen molar-refractivity contribution >= 4 is 6.21 Å². The van der Waals surface area contributed by atoms with Gasteiger partial charge >= 0.3 is 6.18 Å². The van der Waals surface area contributed by atoms with Gasteiger partial charge in [-0.05, 0) is 63.3 Å². The quantitative estimate of drug-likeness (QED) is 0.237. The summed E-state index contributed by atoms with van der Waals surface area (Å²) in [5.74, 6) is 0. The average molecular weight is 338 g/mol. The number of hydrogen-bond donors (Lipinski definition) is 0. The highest BCUT2D eigenvalue weighted by Crippen LogP contribution is 2.29. The van der Waals surface area contributed by atoms with E-state index in [1.54, 1.807) is 12.1 Å². The summed E-state index contributed by atoms with van der Waals surface area (Å²) in [4.78, 5) is 0. The maximum Gasteiger partial charge on any atom is 0.416 e. The number of unbranched alkanes of at least 4 members (excludes halogenated alkanes) is 2. The molecule has 0 heterocycles. The van der Waals surface area contributed by atoms with E-state index in [2.05, 4.69) is 42.9 Å². The number of rotatable bonds is 9. The fourth-order valence-electron chi connectivity index (χ4n) is 2.23. The Morgan fingerprint density at radius 3 is 2.12 bits per heavy atom. The molecule has 0 radical (unpaired) electrons. The molecule has 0 fully saturated rings. The van der Waals surface area contributed by atoms with Gasteiger partial charge in [0, 0.05) is 0 Å². The van der Waals surface area contributed by atoms with Crippen molar-refractivity contribution in [1.82, 2.24) is 0 Å². The fourth-order valence-corrected chi connectivity index (χ4v) is 2.23. The van der Waals surface area contributed by atoms with E-state index in [0.29, 0.717) is 6.42 Å². The van der Waals surface area contributed by atoms with Crippen LogP contribution in [0.2, 0.25) is 0 Å². The minimum absolute atomic E-state index is 0.594. The number of halogens is 3. The molecule has 1 nitrogen and oxygen atoms in total. The van der Waals surface area contributed by atoms with Gasteiger partial charge in [0.05, 0.1) is 5.56 Å². The Morgan fingerprint density at radius 1 is 0.917 bits per heavy atom. The molecule has 0 bridgehead atoms. The van der Waals surface area contributed by atoms with Crippen LogP contribution in [0.4, 0.5) is 13.2 Å². The van der Waals surface area contributed by atoms with Crippen molar-refractivity contribution in [2.24, 2.45) is 0 Å². The van der Waals surface area contributed by atoms with Gasteiger partial charge in [0.25, 0.3) is 0 Å². The predicted molar refractivity (Wildman–Crippen MR) is 94.7 cm³/mol. The van der Waals surface area contributed by atoms with Crippen LogP contribution < -0.4 is 0 Å². The van der Waals surface area contributed by atoms with Gasteiger partial charge in [-0.2, -0.15) is 13.2 Å². The fraction of sp³-hybridized carbons (Fsp3) is 0.450. The molecule has 0 amide bonds. The Balaban J connectivity index is 2.24. The molecule has 24 heavy (non-hydrogen) atoms. The predicted octanol–water partition coefficient (Wildman–Crippen LogP) is 5.65. The summed E-state index contributed by atoms with van der Waals surface area (Å²) in [5, 5.41) is 0. The van der Waals surface area contributed by atoms with E-state index in [9.17, 15) is 13.2 Å². The topological polar surface area (TPSA) is 3.01 Å². The van der Waals surface area contributed by atoms with E-state index in [-0.39, 0.29) is 0 Å². The molecule has 0 aliphatic rings. The van der Waals surface area contributed by atoms with Crippen LogP contribution in [-0.4, -0.2) is 23.9 Å². The van der Waals surface area contributed by atoms with E-state index in [0.717, 1.165) is 50.0 Å². The number of nitrogens with zero attached hydrogens (tertiary/aromatic N) is 1. The second-order valence-electron chi connectivity index (χ2n) is 5.60. The van der Waals surface area contributed by atoms with E-state index in [1.807, 2.05) is 6.08 Å². The molecule has 0 N–H and O–H groups in total. The van der Waals surface area contributed by atoms with Gasteiger partial charge in [0.15, 0.2) is 6.21 Å². The lowest BCUT2D eigenvalue weighted by Crippen LogP contribution is -2.10. The van der Waals surface area contributed by atoms with Crippen LogP contribution in [-0.2, 0) is 12.6 Å². The van der Waals surface area contributed by atoms with Crippen molar-refractivity contribution in [3.05, 3.63) is 59.7 Å². The Labute approximate surface area is 143 Å². The number of allylic oxidation sites excluding steroid dienone is 4. The van der Waals surface area contributed by atoms with E-state index in [1.165, 1.54) is 0 Å². The SMILES string of the molecule is CC[N+](=C/C=C/CCC/C=C\Cc1ccc(C(F)(F)F)cc1)CC. The highest BCUT2D eigenvalue weighted by Gasteiger charge is 2.29. The standard InChI is InChI=1S/C20H27F3N/c1-3-24(4-2)17-11-9-7-5-6-8-10-12-18-13-15-19(16-14-18)20(21,22)23/h8-11,13-17H,3-7,12H2,1-2H3/q+1/b10-8-,11-9+. The van der Waals surface area contributed by atoms with Gasteiger partial charge in [-0.3, -0.25) is 0 Å². The first kappa shape index (κ1) is 20.2. The van der Waals surface area contributed by atoms with Crippen molar-refractivity contribution in [1.29, 1.82) is 0 Å². The summed E-state index contributed by atoms with van der Waals surface area (Å²) in [6, 6.07) is 5.36. The zero-order valence-electron chi connectivity index (χ0n) is 14.5. The second-order valence-corrected chi connectivity index (χ2v) is 5.60. The van der Waals surface area contributed by atoms with Crippen molar-refractivity contribution < 1.29 is 17.7 Å². The van der Waals surface area contributed by atoms with Crippen molar-refractivity contribution in [2.75, 3.05) is 13.1 Å². The van der Waals surface area contributed by atoms with Crippen molar-refractivity contribution in [3.8, 4) is 0 Å². The first-order chi connectivity index (χ1) is 11.5. The van der Waals surface area contributed by atoms with Gasteiger partial charge < -0.3 is 0 Å². The monoisotopic (exact) mass is 338 g/mol. The van der Waals surface area contributed by atoms with Gasteiger partial charge in [0.1, 0.15) is 13.1 Å². The summed E-state index contributed by atoms with van der Waals surface area (Å²) < 4.78 is 39.6. The molecular weight excluding hydrogens is 311 g/mol. The third-order valence-corrected chi connectivity index (χ3v) is 3.79. The first-order valence-electron chi connectivity index (χ1n) is 8.52. The first-order valence-corrected chi connectivity index (χ1v) is 8.52. The highest BCUT2D eigenvalue weighted by atomic mass is 19.4. The van der Waals surface area contributed by atoms with Gasteiger partial charge in [-0.1, -0.05) is 30.4 Å². The van der Waals surface area contributed by atoms with E-state index >= 15 is 0 Å². The Bertz CT molecular complexity index is 545. The van der Waals surface area contributed by atoms with Crippen molar-refractivity contribution in [2.45, 2.75) is 45.7 Å². The lowest BCUT2D eigenvalue weighted by Gasteiger charge is -2.06. The van der Waals surface area contributed by atoms with Crippen LogP contribution in [0.25, 0.3) is 0 Å². The normalized spacial score (nSPS) is 12.2. The van der Waals surface area contributed by atoms with Crippen molar-refractivity contribution in [3.63, 3.8) is 0 Å². The minimum atomic E-state index is -4.26. The Kier molecular flexibility index (Phi) is 9.13. The van der Waals surface area contributed by atoms with Crippen LogP contribution in [0, 0.1) is 0 Å². The Hall–Kier alpha value is -1.84. The molecule has 1 aromatic rings. The zero-order valence-corrected chi connectivity index (χ0v) is 14.5. The van der Waals surface area contributed by atoms with E-state index < -0.39 is 11.7 Å². The molecular formula is C20H27F3N+. The maximum atomic E-state index is 12.5. The molecule has 1 aromatic carbocycles. The van der Waals surface area contributed by atoms with Gasteiger partial charge in [-0.25, -0.2) is 4.58 Å². The van der Waals surface area contributed by atoms with Crippen LogP contribution in [0.3, 0.4) is 0 Å². The summed E-state index contributed by atoms with van der Waals surface area (Å²) >= 11 is 0. The lowest BCUT2D eigenvalue weighted by atomic mass is 10.1. The smallest absolute Gasteiger partial charge is 0.237 e. The van der Waals surface area contributed by atoms with Crippen LogP contribution in [0.5, 0.6) is 0 Å². The third kappa shape index (κ3) is 8.14. The molecule has 0 saturated heterocycles. The second kappa shape index (κ2) is 10.8. The molecule has 0 aliphatic heterocycles. The summed E-state index contributed by atoms with van der Waals surface area (Å²) in [6.45, 7) is 6.31. The maximum absolute atomic E-state index is 12.5. The summed E-state index contributed by atoms with van der Waals surface area (Å²) in [7, 11) is 0. The molecule has 1 rings (SSSR count). The minimum Gasteiger partial charge on any atom is -0.237 e. The summed E-state index contributed by atoms with van der Waals surface area (Å²) in [5.41, 5.74) is 0.302. The van der Waals surface area contributed by atoms with Gasteiger partial charge in [0.2, 0.25) is 0 Å². The molecule has 0 saturated carbocycles. The molecule has 0 atom stereocenters. The number of alkyl halides is 3. The van der Waals surface area contributed by atoms with Crippen LogP contribution in [0.15, 0.2) is 48.6 Å². The largest absolute Gasteiger partial charge is 0.416 e. The zero-order chi connectivity index (χ0) is 17.8. The molecule has 0 aromatic heterocycles. The molecule has 132 valence electrons. The average Bonchev–Trinajstić information content (AvgIpc) is 2.56. The number of benzene rings is 1. The molecule has 0 aliphatic carbocycles. The van der Waals surface area contributed by atoms with E-state index in [4.69, 9.17) is 0 Å². The van der Waals surface area contributed by atoms with Crippen LogP contribution in [0.1, 0.15) is 44.2 Å². The molecule has 0 unspecified atom stereocenters. The van der Waals surface area contributed by atoms with Gasteiger partial charge in [-0.15, -0.1) is 0 Å². The molecule has 4 heteroatoms. The van der Waals surface area contributed by atoms with Crippen LogP contribution >= 0.6 is 0 Å².